The molecule has 1 aliphatic carbocycles. The van der Waals surface area contributed by atoms with Gasteiger partial charge in [0.2, 0.25) is 10.0 Å². The molecule has 0 bridgehead atoms. The van der Waals surface area contributed by atoms with Crippen LogP contribution in [0.15, 0.2) is 23.1 Å². The molecule has 4 nitrogen and oxygen atoms in total. The molecule has 0 unspecified atom stereocenters. The molecule has 0 amide bonds. The minimum absolute atomic E-state index is 0.153. The summed E-state index contributed by atoms with van der Waals surface area (Å²) >= 11 is 10.8. The van der Waals surface area contributed by atoms with E-state index in [2.05, 4.69) is 0 Å². The standard InChI is InChI=1S/C12H15ClN2O2S2/c1-15(7-8-2-3-8)19(16,17)9-4-5-10(12(14)18)11(13)6-9/h4-6,8H,2-3,7H2,1H3,(H2,14,18). The van der Waals surface area contributed by atoms with Gasteiger partial charge in [-0.1, -0.05) is 23.8 Å². The molecule has 1 aromatic rings. The highest BCUT2D eigenvalue weighted by Gasteiger charge is 2.29. The molecule has 0 aromatic heterocycles. The predicted octanol–water partition coefficient (Wildman–Crippen LogP) is 2.00. The topological polar surface area (TPSA) is 63.4 Å². The number of halogens is 1. The molecule has 1 fully saturated rings. The van der Waals surface area contributed by atoms with Crippen molar-refractivity contribution in [3.8, 4) is 0 Å². The van der Waals surface area contributed by atoms with Crippen LogP contribution in [0.1, 0.15) is 18.4 Å². The first-order valence-corrected chi connectivity index (χ1v) is 8.10. The molecule has 7 heteroatoms. The first kappa shape index (κ1) is 14.7. The molecule has 0 radical (unpaired) electrons. The Balaban J connectivity index is 2.29. The maximum atomic E-state index is 12.3. The molecular weight excluding hydrogens is 304 g/mol. The lowest BCUT2D eigenvalue weighted by Gasteiger charge is -2.17. The Morgan fingerprint density at radius 2 is 2.16 bits per heavy atom. The summed E-state index contributed by atoms with van der Waals surface area (Å²) in [4.78, 5) is 0.320. The minimum Gasteiger partial charge on any atom is -0.389 e. The molecule has 2 rings (SSSR count). The zero-order valence-corrected chi connectivity index (χ0v) is 12.9. The van der Waals surface area contributed by atoms with Crippen LogP contribution >= 0.6 is 23.8 Å². The fourth-order valence-electron chi connectivity index (χ4n) is 1.80. The van der Waals surface area contributed by atoms with Crippen LogP contribution in [0.2, 0.25) is 5.02 Å². The Morgan fingerprint density at radius 3 is 2.63 bits per heavy atom. The zero-order valence-electron chi connectivity index (χ0n) is 10.5. The lowest BCUT2D eigenvalue weighted by molar-refractivity contribution is 0.453. The van der Waals surface area contributed by atoms with Crippen LogP contribution < -0.4 is 5.73 Å². The molecule has 0 aliphatic heterocycles. The molecule has 0 heterocycles. The van der Waals surface area contributed by atoms with Gasteiger partial charge in [-0.25, -0.2) is 12.7 Å². The highest BCUT2D eigenvalue weighted by molar-refractivity contribution is 7.89. The van der Waals surface area contributed by atoms with Gasteiger partial charge in [-0.05, 0) is 37.0 Å². The van der Waals surface area contributed by atoms with Crippen molar-refractivity contribution < 1.29 is 8.42 Å². The number of rotatable bonds is 5. The van der Waals surface area contributed by atoms with Crippen molar-refractivity contribution >= 4 is 38.8 Å². The molecule has 0 atom stereocenters. The van der Waals surface area contributed by atoms with Crippen molar-refractivity contribution in [2.75, 3.05) is 13.6 Å². The molecule has 0 saturated heterocycles. The van der Waals surface area contributed by atoms with Crippen LogP contribution in [0.4, 0.5) is 0 Å². The minimum atomic E-state index is -3.49. The summed E-state index contributed by atoms with van der Waals surface area (Å²) in [6.07, 6.45) is 2.20. The van der Waals surface area contributed by atoms with E-state index >= 15 is 0 Å². The van der Waals surface area contributed by atoms with Gasteiger partial charge in [-0.3, -0.25) is 0 Å². The van der Waals surface area contributed by atoms with E-state index in [0.717, 1.165) is 12.8 Å². The second-order valence-electron chi connectivity index (χ2n) is 4.73. The van der Waals surface area contributed by atoms with Gasteiger partial charge in [-0.15, -0.1) is 0 Å². The van der Waals surface area contributed by atoms with Gasteiger partial charge < -0.3 is 5.73 Å². The first-order chi connectivity index (χ1) is 8.82. The normalized spacial score (nSPS) is 15.7. The van der Waals surface area contributed by atoms with E-state index in [4.69, 9.17) is 29.6 Å². The smallest absolute Gasteiger partial charge is 0.242 e. The summed E-state index contributed by atoms with van der Waals surface area (Å²) in [6.45, 7) is 0.553. The summed E-state index contributed by atoms with van der Waals surface area (Å²) in [5.41, 5.74) is 5.98. The van der Waals surface area contributed by atoms with Gasteiger partial charge in [0.1, 0.15) is 4.99 Å². The SMILES string of the molecule is CN(CC1CC1)S(=O)(=O)c1ccc(C(N)=S)c(Cl)c1. The molecule has 2 N–H and O–H groups in total. The van der Waals surface area contributed by atoms with E-state index in [1.165, 1.54) is 16.4 Å². The maximum absolute atomic E-state index is 12.3. The van der Waals surface area contributed by atoms with Crippen LogP contribution in [0.5, 0.6) is 0 Å². The maximum Gasteiger partial charge on any atom is 0.242 e. The van der Waals surface area contributed by atoms with Crippen LogP contribution in [0.3, 0.4) is 0 Å². The quantitative estimate of drug-likeness (QED) is 0.844. The number of nitrogens with two attached hydrogens (primary N) is 1. The fourth-order valence-corrected chi connectivity index (χ4v) is 3.65. The van der Waals surface area contributed by atoms with Crippen molar-refractivity contribution in [2.24, 2.45) is 11.7 Å². The number of hydrogen-bond donors (Lipinski definition) is 1. The molecule has 1 aliphatic rings. The van der Waals surface area contributed by atoms with E-state index in [-0.39, 0.29) is 14.9 Å². The van der Waals surface area contributed by atoms with Gasteiger partial charge in [0.15, 0.2) is 0 Å². The first-order valence-electron chi connectivity index (χ1n) is 5.88. The average Bonchev–Trinajstić information content (AvgIpc) is 3.12. The highest BCUT2D eigenvalue weighted by atomic mass is 35.5. The molecule has 19 heavy (non-hydrogen) atoms. The van der Waals surface area contributed by atoms with Crippen molar-refractivity contribution in [1.82, 2.24) is 4.31 Å². The van der Waals surface area contributed by atoms with Crippen molar-refractivity contribution in [1.29, 1.82) is 0 Å². The number of thiocarbonyl (C=S) groups is 1. The Bertz CT molecular complexity index is 612. The van der Waals surface area contributed by atoms with Crippen molar-refractivity contribution in [3.05, 3.63) is 28.8 Å². The van der Waals surface area contributed by atoms with E-state index in [0.29, 0.717) is 18.0 Å². The second-order valence-corrected chi connectivity index (χ2v) is 7.63. The second kappa shape index (κ2) is 5.36. The predicted molar refractivity (Wildman–Crippen MR) is 79.9 cm³/mol. The molecule has 1 saturated carbocycles. The Morgan fingerprint density at radius 1 is 1.53 bits per heavy atom. The van der Waals surface area contributed by atoms with Gasteiger partial charge in [0, 0.05) is 19.2 Å². The van der Waals surface area contributed by atoms with E-state index in [1.807, 2.05) is 0 Å². The van der Waals surface area contributed by atoms with E-state index in [1.54, 1.807) is 13.1 Å². The fraction of sp³-hybridized carbons (Fsp3) is 0.417. The Hall–Kier alpha value is -0.690. The molecule has 0 spiro atoms. The van der Waals surface area contributed by atoms with Crippen molar-refractivity contribution in [3.63, 3.8) is 0 Å². The van der Waals surface area contributed by atoms with Gasteiger partial charge >= 0.3 is 0 Å². The monoisotopic (exact) mass is 318 g/mol. The number of nitrogens with zero attached hydrogens (tertiary/aromatic N) is 1. The zero-order chi connectivity index (χ0) is 14.2. The average molecular weight is 319 g/mol. The third-order valence-electron chi connectivity index (χ3n) is 3.13. The molecular formula is C12H15ClN2O2S2. The number of sulfonamides is 1. The van der Waals surface area contributed by atoms with Crippen molar-refractivity contribution in [2.45, 2.75) is 17.7 Å². The lowest BCUT2D eigenvalue weighted by atomic mass is 10.2. The van der Waals surface area contributed by atoms with Gasteiger partial charge in [0.05, 0.1) is 9.92 Å². The lowest BCUT2D eigenvalue weighted by Crippen LogP contribution is -2.29. The summed E-state index contributed by atoms with van der Waals surface area (Å²) < 4.78 is 26.0. The highest BCUT2D eigenvalue weighted by Crippen LogP contribution is 2.31. The summed E-state index contributed by atoms with van der Waals surface area (Å²) in [5, 5.41) is 0.258. The third-order valence-corrected chi connectivity index (χ3v) is 5.48. The summed E-state index contributed by atoms with van der Waals surface area (Å²) in [7, 11) is -1.91. The summed E-state index contributed by atoms with van der Waals surface area (Å²) in [5.74, 6) is 0.492. The van der Waals surface area contributed by atoms with Gasteiger partial charge in [-0.2, -0.15) is 0 Å². The largest absolute Gasteiger partial charge is 0.389 e. The van der Waals surface area contributed by atoms with E-state index in [9.17, 15) is 8.42 Å². The van der Waals surface area contributed by atoms with Crippen LogP contribution in [0.25, 0.3) is 0 Å². The Labute approximate surface area is 123 Å². The van der Waals surface area contributed by atoms with Gasteiger partial charge in [0.25, 0.3) is 0 Å². The van der Waals surface area contributed by atoms with Crippen LogP contribution in [-0.4, -0.2) is 31.3 Å². The van der Waals surface area contributed by atoms with E-state index < -0.39 is 10.0 Å². The molecule has 1 aromatic carbocycles. The number of hydrogen-bond acceptors (Lipinski definition) is 3. The van der Waals surface area contributed by atoms with Crippen LogP contribution in [0, 0.1) is 5.92 Å². The third kappa shape index (κ3) is 3.25. The molecule has 104 valence electrons. The number of benzene rings is 1. The Kier molecular flexibility index (Phi) is 4.15. The van der Waals surface area contributed by atoms with Crippen LogP contribution in [-0.2, 0) is 10.0 Å². The summed E-state index contributed by atoms with van der Waals surface area (Å²) in [6, 6.07) is 4.43.